The van der Waals surface area contributed by atoms with Gasteiger partial charge >= 0.3 is 0 Å². The van der Waals surface area contributed by atoms with Crippen molar-refractivity contribution < 1.29 is 4.21 Å². The molecule has 0 bridgehead atoms. The van der Waals surface area contributed by atoms with Crippen LogP contribution < -0.4 is 10.6 Å². The van der Waals surface area contributed by atoms with E-state index in [2.05, 4.69) is 55.1 Å². The van der Waals surface area contributed by atoms with E-state index < -0.39 is 10.8 Å². The van der Waals surface area contributed by atoms with Gasteiger partial charge in [-0.2, -0.15) is 0 Å². The van der Waals surface area contributed by atoms with E-state index in [9.17, 15) is 4.21 Å². The van der Waals surface area contributed by atoms with Gasteiger partial charge in [0.25, 0.3) is 0 Å². The first-order chi connectivity index (χ1) is 12.9. The van der Waals surface area contributed by atoms with Crippen molar-refractivity contribution in [1.82, 2.24) is 15.5 Å². The molecule has 5 nitrogen and oxygen atoms in total. The van der Waals surface area contributed by atoms with E-state index in [1.165, 1.54) is 0 Å². The monoisotopic (exact) mass is 522 g/mol. The largest absolute Gasteiger partial charge is 0.357 e. The van der Waals surface area contributed by atoms with Crippen molar-refractivity contribution in [2.75, 3.05) is 31.9 Å². The van der Waals surface area contributed by atoms with Crippen LogP contribution in [-0.2, 0) is 16.6 Å². The van der Waals surface area contributed by atoms with Crippen LogP contribution in [0.4, 0.5) is 0 Å². The summed E-state index contributed by atoms with van der Waals surface area (Å²) in [5.41, 5.74) is 1.12. The van der Waals surface area contributed by atoms with Crippen molar-refractivity contribution in [2.24, 2.45) is 4.99 Å². The Morgan fingerprint density at radius 1 is 1.11 bits per heavy atom. The maximum absolute atomic E-state index is 12.2. The summed E-state index contributed by atoms with van der Waals surface area (Å²) in [4.78, 5) is 7.14. The zero-order chi connectivity index (χ0) is 20.1. The first-order valence-corrected chi connectivity index (χ1v) is 11.6. The summed E-state index contributed by atoms with van der Waals surface area (Å²) < 4.78 is 12.2. The van der Waals surface area contributed by atoms with Gasteiger partial charge in [0, 0.05) is 60.6 Å². The molecule has 0 saturated heterocycles. The van der Waals surface area contributed by atoms with Crippen molar-refractivity contribution in [3.8, 4) is 0 Å². The van der Waals surface area contributed by atoms with E-state index in [1.54, 1.807) is 0 Å². The number of aliphatic imine (C=N–C) groups is 1. The molecule has 0 saturated carbocycles. The summed E-state index contributed by atoms with van der Waals surface area (Å²) in [6.45, 7) is 14.4. The molecule has 1 unspecified atom stereocenters. The number of nitrogens with zero attached hydrogens (tertiary/aromatic N) is 2. The minimum absolute atomic E-state index is 0. The molecule has 1 rings (SSSR count). The molecule has 0 aromatic heterocycles. The lowest BCUT2D eigenvalue weighted by Gasteiger charge is -2.30. The number of halogens is 1. The Balaban J connectivity index is 0.00000729. The molecule has 0 spiro atoms. The van der Waals surface area contributed by atoms with E-state index in [-0.39, 0.29) is 24.0 Å². The minimum Gasteiger partial charge on any atom is -0.357 e. The molecule has 1 aromatic rings. The van der Waals surface area contributed by atoms with Crippen LogP contribution in [0.3, 0.4) is 0 Å². The van der Waals surface area contributed by atoms with Crippen molar-refractivity contribution in [3.05, 3.63) is 35.9 Å². The highest BCUT2D eigenvalue weighted by Crippen LogP contribution is 2.05. The van der Waals surface area contributed by atoms with E-state index in [4.69, 9.17) is 0 Å². The summed E-state index contributed by atoms with van der Waals surface area (Å²) in [7, 11) is -0.867. The van der Waals surface area contributed by atoms with Crippen LogP contribution in [0.2, 0.25) is 0 Å². The van der Waals surface area contributed by atoms with E-state index in [0.29, 0.717) is 30.1 Å². The highest BCUT2D eigenvalue weighted by Gasteiger charge is 2.12. The van der Waals surface area contributed by atoms with Crippen molar-refractivity contribution in [1.29, 1.82) is 0 Å². The number of hydrogen-bond donors (Lipinski definition) is 2. The van der Waals surface area contributed by atoms with E-state index >= 15 is 0 Å². The Bertz CT molecular complexity index is 559. The number of rotatable bonds is 12. The Morgan fingerprint density at radius 2 is 1.75 bits per heavy atom. The summed E-state index contributed by atoms with van der Waals surface area (Å²) in [6.07, 6.45) is 1.03. The van der Waals surface area contributed by atoms with Crippen LogP contribution in [0, 0.1) is 0 Å². The zero-order valence-electron chi connectivity index (χ0n) is 18.1. The Labute approximate surface area is 191 Å². The highest BCUT2D eigenvalue weighted by atomic mass is 127. The van der Waals surface area contributed by atoms with Gasteiger partial charge in [-0.15, -0.1) is 24.0 Å². The SMILES string of the molecule is CCNC(=NCCCN(C(C)C)C(C)C)NCCS(=O)Cc1ccccc1.I. The molecule has 0 amide bonds. The molecule has 0 aliphatic carbocycles. The number of benzene rings is 1. The molecule has 0 fully saturated rings. The molecular formula is C21H39IN4OS. The standard InChI is InChI=1S/C21H38N4OS.HI/c1-6-22-21(23-13-10-15-25(18(2)3)19(4)5)24-14-16-27(26)17-20-11-8-7-9-12-20;/h7-9,11-12,18-19H,6,10,13-17H2,1-5H3,(H2,22,23,24);1H. The van der Waals surface area contributed by atoms with E-state index in [0.717, 1.165) is 37.6 Å². The Hall–Kier alpha value is -0.670. The number of hydrogen-bond acceptors (Lipinski definition) is 3. The summed E-state index contributed by atoms with van der Waals surface area (Å²) in [5, 5.41) is 6.57. The van der Waals surface area contributed by atoms with E-state index in [1.807, 2.05) is 30.3 Å². The first kappa shape index (κ1) is 27.3. The fourth-order valence-electron chi connectivity index (χ4n) is 3.01. The normalized spacial score (nSPS) is 12.9. The van der Waals surface area contributed by atoms with Crippen LogP contribution in [-0.4, -0.2) is 59.1 Å². The summed E-state index contributed by atoms with van der Waals surface area (Å²) >= 11 is 0. The predicted molar refractivity (Wildman–Crippen MR) is 134 cm³/mol. The summed E-state index contributed by atoms with van der Waals surface area (Å²) in [5.74, 6) is 2.04. The average Bonchev–Trinajstić information content (AvgIpc) is 2.61. The quantitative estimate of drug-likeness (QED) is 0.191. The smallest absolute Gasteiger partial charge is 0.191 e. The lowest BCUT2D eigenvalue weighted by atomic mass is 10.2. The van der Waals surface area contributed by atoms with Gasteiger partial charge in [-0.05, 0) is 46.6 Å². The fraction of sp³-hybridized carbons (Fsp3) is 0.667. The lowest BCUT2D eigenvalue weighted by Crippen LogP contribution is -2.40. The van der Waals surface area contributed by atoms with Crippen LogP contribution >= 0.6 is 24.0 Å². The second-order valence-electron chi connectivity index (χ2n) is 7.24. The molecule has 7 heteroatoms. The molecule has 0 radical (unpaired) electrons. The minimum atomic E-state index is -0.867. The second kappa shape index (κ2) is 16.2. The van der Waals surface area contributed by atoms with Crippen LogP contribution in [0.15, 0.2) is 35.3 Å². The molecule has 2 N–H and O–H groups in total. The molecule has 0 aliphatic rings. The van der Waals surface area contributed by atoms with Crippen molar-refractivity contribution in [3.63, 3.8) is 0 Å². The van der Waals surface area contributed by atoms with Gasteiger partial charge in [0.2, 0.25) is 0 Å². The predicted octanol–water partition coefficient (Wildman–Crippen LogP) is 3.62. The second-order valence-corrected chi connectivity index (χ2v) is 8.82. The summed E-state index contributed by atoms with van der Waals surface area (Å²) in [6, 6.07) is 11.1. The van der Waals surface area contributed by atoms with Gasteiger partial charge in [0.05, 0.1) is 0 Å². The van der Waals surface area contributed by atoms with Crippen molar-refractivity contribution >= 4 is 40.7 Å². The fourth-order valence-corrected chi connectivity index (χ4v) is 4.05. The molecule has 1 atom stereocenters. The molecule has 1 aromatic carbocycles. The lowest BCUT2D eigenvalue weighted by molar-refractivity contribution is 0.174. The highest BCUT2D eigenvalue weighted by molar-refractivity contribution is 14.0. The third-order valence-electron chi connectivity index (χ3n) is 4.31. The maximum Gasteiger partial charge on any atom is 0.191 e. The van der Waals surface area contributed by atoms with Gasteiger partial charge in [0.1, 0.15) is 0 Å². The molecule has 28 heavy (non-hydrogen) atoms. The van der Waals surface area contributed by atoms with Gasteiger partial charge < -0.3 is 10.6 Å². The van der Waals surface area contributed by atoms with Gasteiger partial charge in [-0.3, -0.25) is 14.1 Å². The molecule has 0 heterocycles. The zero-order valence-corrected chi connectivity index (χ0v) is 21.3. The van der Waals surface area contributed by atoms with Crippen LogP contribution in [0.25, 0.3) is 0 Å². The van der Waals surface area contributed by atoms with Crippen LogP contribution in [0.1, 0.15) is 46.6 Å². The van der Waals surface area contributed by atoms with Gasteiger partial charge in [0.15, 0.2) is 5.96 Å². The third-order valence-corrected chi connectivity index (χ3v) is 5.62. The molecular weight excluding hydrogens is 483 g/mol. The number of nitrogens with one attached hydrogen (secondary N) is 2. The first-order valence-electron chi connectivity index (χ1n) is 10.1. The van der Waals surface area contributed by atoms with Gasteiger partial charge in [-0.1, -0.05) is 30.3 Å². The van der Waals surface area contributed by atoms with Crippen molar-refractivity contribution in [2.45, 2.75) is 58.9 Å². The maximum atomic E-state index is 12.2. The number of guanidine groups is 1. The Morgan fingerprint density at radius 3 is 2.32 bits per heavy atom. The van der Waals surface area contributed by atoms with Gasteiger partial charge in [-0.25, -0.2) is 0 Å². The molecule has 0 aliphatic heterocycles. The topological polar surface area (TPSA) is 56.7 Å². The third kappa shape index (κ3) is 12.0. The molecule has 162 valence electrons. The average molecular weight is 523 g/mol. The van der Waals surface area contributed by atoms with Crippen LogP contribution in [0.5, 0.6) is 0 Å². The Kier molecular flexibility index (Phi) is 15.8.